The SMILES string of the molecule is Cl.Nc1ncc(C(F)(F)F)cn1. The van der Waals surface area contributed by atoms with Crippen LogP contribution in [0.1, 0.15) is 5.56 Å². The summed E-state index contributed by atoms with van der Waals surface area (Å²) >= 11 is 0. The predicted octanol–water partition coefficient (Wildman–Crippen LogP) is 1.50. The molecule has 0 saturated carbocycles. The van der Waals surface area contributed by atoms with Crippen LogP contribution in [0.2, 0.25) is 0 Å². The van der Waals surface area contributed by atoms with Crippen LogP contribution >= 0.6 is 12.4 Å². The fourth-order valence-corrected chi connectivity index (χ4v) is 0.484. The summed E-state index contributed by atoms with van der Waals surface area (Å²) in [6, 6.07) is 0. The summed E-state index contributed by atoms with van der Waals surface area (Å²) in [6.45, 7) is 0. The van der Waals surface area contributed by atoms with Crippen molar-refractivity contribution in [2.75, 3.05) is 5.73 Å². The second-order valence-electron chi connectivity index (χ2n) is 1.83. The molecule has 1 aromatic heterocycles. The molecule has 0 aromatic carbocycles. The molecule has 0 spiro atoms. The first-order valence-electron chi connectivity index (χ1n) is 2.65. The highest BCUT2D eigenvalue weighted by Crippen LogP contribution is 2.27. The molecule has 12 heavy (non-hydrogen) atoms. The van der Waals surface area contributed by atoms with Crippen LogP contribution in [-0.4, -0.2) is 9.97 Å². The maximum atomic E-state index is 11.8. The topological polar surface area (TPSA) is 51.8 Å². The third-order valence-electron chi connectivity index (χ3n) is 0.999. The molecule has 0 aliphatic rings. The minimum atomic E-state index is -4.40. The van der Waals surface area contributed by atoms with Crippen molar-refractivity contribution in [1.29, 1.82) is 0 Å². The largest absolute Gasteiger partial charge is 0.419 e. The first kappa shape index (κ1) is 11.0. The zero-order valence-corrected chi connectivity index (χ0v) is 6.49. The Balaban J connectivity index is 0.00000121. The lowest BCUT2D eigenvalue weighted by molar-refractivity contribution is -0.138. The van der Waals surface area contributed by atoms with Crippen molar-refractivity contribution >= 4 is 18.4 Å². The van der Waals surface area contributed by atoms with E-state index in [2.05, 4.69) is 9.97 Å². The number of halogens is 4. The summed E-state index contributed by atoms with van der Waals surface area (Å²) in [6.07, 6.45) is -3.11. The molecule has 1 heterocycles. The van der Waals surface area contributed by atoms with Gasteiger partial charge in [0.2, 0.25) is 5.95 Å². The van der Waals surface area contributed by atoms with Crippen molar-refractivity contribution in [2.45, 2.75) is 6.18 Å². The van der Waals surface area contributed by atoms with E-state index in [4.69, 9.17) is 5.73 Å². The standard InChI is InChI=1S/C5H4F3N3.ClH/c6-5(7,8)3-1-10-4(9)11-2-3;/h1-2H,(H2,9,10,11);1H. The number of hydrogen-bond acceptors (Lipinski definition) is 3. The average molecular weight is 200 g/mol. The van der Waals surface area contributed by atoms with Gasteiger partial charge in [0.1, 0.15) is 0 Å². The monoisotopic (exact) mass is 199 g/mol. The molecule has 7 heteroatoms. The number of alkyl halides is 3. The first-order valence-corrected chi connectivity index (χ1v) is 2.65. The summed E-state index contributed by atoms with van der Waals surface area (Å²) in [4.78, 5) is 6.38. The molecule has 0 amide bonds. The van der Waals surface area contributed by atoms with Gasteiger partial charge >= 0.3 is 6.18 Å². The average Bonchev–Trinajstić information content (AvgIpc) is 1.86. The van der Waals surface area contributed by atoms with Gasteiger partial charge in [-0.1, -0.05) is 0 Å². The smallest absolute Gasteiger partial charge is 0.368 e. The summed E-state index contributed by atoms with van der Waals surface area (Å²) < 4.78 is 35.4. The minimum Gasteiger partial charge on any atom is -0.368 e. The minimum absolute atomic E-state index is 0. The summed E-state index contributed by atoms with van der Waals surface area (Å²) in [5, 5.41) is 0. The van der Waals surface area contributed by atoms with Gasteiger partial charge < -0.3 is 5.73 Å². The van der Waals surface area contributed by atoms with Crippen molar-refractivity contribution in [1.82, 2.24) is 9.97 Å². The van der Waals surface area contributed by atoms with Crippen LogP contribution < -0.4 is 5.73 Å². The molecular formula is C5H5ClF3N3. The van der Waals surface area contributed by atoms with Crippen LogP contribution in [0, 0.1) is 0 Å². The molecule has 0 bridgehead atoms. The number of nitrogens with zero attached hydrogens (tertiary/aromatic N) is 2. The zero-order valence-electron chi connectivity index (χ0n) is 5.67. The van der Waals surface area contributed by atoms with Gasteiger partial charge in [-0.3, -0.25) is 0 Å². The second kappa shape index (κ2) is 3.57. The van der Waals surface area contributed by atoms with E-state index in [1.54, 1.807) is 0 Å². The Labute approximate surface area is 72.2 Å². The Kier molecular flexibility index (Phi) is 3.26. The Morgan fingerprint density at radius 2 is 1.58 bits per heavy atom. The lowest BCUT2D eigenvalue weighted by Gasteiger charge is -2.03. The van der Waals surface area contributed by atoms with E-state index < -0.39 is 11.7 Å². The molecule has 1 aromatic rings. The molecule has 0 aliphatic carbocycles. The highest BCUT2D eigenvalue weighted by Gasteiger charge is 2.31. The van der Waals surface area contributed by atoms with E-state index in [1.807, 2.05) is 0 Å². The molecule has 0 atom stereocenters. The Morgan fingerprint density at radius 3 is 1.92 bits per heavy atom. The van der Waals surface area contributed by atoms with Crippen LogP contribution in [0.4, 0.5) is 19.1 Å². The fourth-order valence-electron chi connectivity index (χ4n) is 0.484. The fraction of sp³-hybridized carbons (Fsp3) is 0.200. The van der Waals surface area contributed by atoms with Crippen LogP contribution in [0.3, 0.4) is 0 Å². The van der Waals surface area contributed by atoms with E-state index in [9.17, 15) is 13.2 Å². The quantitative estimate of drug-likeness (QED) is 0.689. The highest BCUT2D eigenvalue weighted by atomic mass is 35.5. The Morgan fingerprint density at radius 1 is 1.17 bits per heavy atom. The van der Waals surface area contributed by atoms with Crippen molar-refractivity contribution in [2.24, 2.45) is 0 Å². The van der Waals surface area contributed by atoms with E-state index in [-0.39, 0.29) is 18.4 Å². The van der Waals surface area contributed by atoms with Gasteiger partial charge in [-0.25, -0.2) is 9.97 Å². The number of rotatable bonds is 0. The van der Waals surface area contributed by atoms with Crippen molar-refractivity contribution in [3.63, 3.8) is 0 Å². The molecule has 3 nitrogen and oxygen atoms in total. The second-order valence-corrected chi connectivity index (χ2v) is 1.83. The van der Waals surface area contributed by atoms with Gasteiger partial charge in [0.25, 0.3) is 0 Å². The first-order chi connectivity index (χ1) is 5.00. The normalized spacial score (nSPS) is 10.6. The third kappa shape index (κ3) is 2.54. The molecule has 68 valence electrons. The van der Waals surface area contributed by atoms with Gasteiger partial charge in [-0.15, -0.1) is 12.4 Å². The summed E-state index contributed by atoms with van der Waals surface area (Å²) in [7, 11) is 0. The molecule has 1 rings (SSSR count). The lowest BCUT2D eigenvalue weighted by atomic mass is 10.3. The number of aromatic nitrogens is 2. The van der Waals surface area contributed by atoms with Crippen molar-refractivity contribution in [3.05, 3.63) is 18.0 Å². The maximum absolute atomic E-state index is 11.8. The van der Waals surface area contributed by atoms with Gasteiger partial charge in [-0.05, 0) is 0 Å². The van der Waals surface area contributed by atoms with Gasteiger partial charge in [0, 0.05) is 12.4 Å². The van der Waals surface area contributed by atoms with Crippen LogP contribution in [0.15, 0.2) is 12.4 Å². The van der Waals surface area contributed by atoms with Crippen LogP contribution in [0.25, 0.3) is 0 Å². The van der Waals surface area contributed by atoms with E-state index in [0.717, 1.165) is 0 Å². The molecule has 0 aliphatic heterocycles. The van der Waals surface area contributed by atoms with E-state index in [1.165, 1.54) is 0 Å². The third-order valence-corrected chi connectivity index (χ3v) is 0.999. The van der Waals surface area contributed by atoms with Gasteiger partial charge in [0.05, 0.1) is 5.56 Å². The molecule has 0 radical (unpaired) electrons. The number of nitrogens with two attached hydrogens (primary N) is 1. The van der Waals surface area contributed by atoms with E-state index in [0.29, 0.717) is 12.4 Å². The van der Waals surface area contributed by atoms with Crippen molar-refractivity contribution in [3.8, 4) is 0 Å². The molecule has 0 fully saturated rings. The van der Waals surface area contributed by atoms with Gasteiger partial charge in [0.15, 0.2) is 0 Å². The summed E-state index contributed by atoms with van der Waals surface area (Å²) in [5.74, 6) is -0.169. The molecule has 0 saturated heterocycles. The van der Waals surface area contributed by atoms with Crippen molar-refractivity contribution < 1.29 is 13.2 Å². The van der Waals surface area contributed by atoms with E-state index >= 15 is 0 Å². The highest BCUT2D eigenvalue weighted by molar-refractivity contribution is 5.85. The number of hydrogen-bond donors (Lipinski definition) is 1. The number of anilines is 1. The zero-order chi connectivity index (χ0) is 8.48. The van der Waals surface area contributed by atoms with Gasteiger partial charge in [-0.2, -0.15) is 13.2 Å². The Bertz CT molecular complexity index is 245. The predicted molar refractivity (Wildman–Crippen MR) is 38.7 cm³/mol. The molecule has 0 unspecified atom stereocenters. The maximum Gasteiger partial charge on any atom is 0.419 e. The van der Waals surface area contributed by atoms with Crippen LogP contribution in [0.5, 0.6) is 0 Å². The number of nitrogen functional groups attached to an aromatic ring is 1. The Hall–Kier alpha value is -1.04. The molecule has 2 N–H and O–H groups in total. The lowest BCUT2D eigenvalue weighted by Crippen LogP contribution is -2.07. The van der Waals surface area contributed by atoms with Crippen LogP contribution in [-0.2, 0) is 6.18 Å². The molecular weight excluding hydrogens is 195 g/mol. The summed E-state index contributed by atoms with van der Waals surface area (Å²) in [5.41, 5.74) is 4.08.